The highest BCUT2D eigenvalue weighted by Crippen LogP contribution is 2.48. The third kappa shape index (κ3) is 16.8. The first-order valence-corrected chi connectivity index (χ1v) is 49.3. The fourth-order valence-electron chi connectivity index (χ4n) is 21.1. The Morgan fingerprint density at radius 3 is 0.639 bits per heavy atom. The van der Waals surface area contributed by atoms with Gasteiger partial charge in [0.25, 0.3) is 0 Å². The molecule has 0 aliphatic heterocycles. The van der Waals surface area contributed by atoms with Gasteiger partial charge in [-0.3, -0.25) is 0 Å². The van der Waals surface area contributed by atoms with Crippen LogP contribution in [0.4, 0.5) is 51.2 Å². The smallest absolute Gasteiger partial charge is 0.0548 e. The van der Waals surface area contributed by atoms with E-state index in [0.717, 1.165) is 62.6 Å². The van der Waals surface area contributed by atoms with Crippen LogP contribution in [0.15, 0.2) is 582 Å². The fraction of sp³-hybridized carbons (Fsp3) is 0. The summed E-state index contributed by atoms with van der Waals surface area (Å²) >= 11 is 0. The Hall–Kier alpha value is -19.1. The van der Waals surface area contributed by atoms with Crippen molar-refractivity contribution in [2.75, 3.05) is 14.7 Å². The third-order valence-electron chi connectivity index (χ3n) is 28.1. The molecule has 0 saturated heterocycles. The molecule has 0 saturated carbocycles. The Labute approximate surface area is 837 Å². The van der Waals surface area contributed by atoms with Gasteiger partial charge in [0, 0.05) is 100 Å². The van der Waals surface area contributed by atoms with E-state index >= 15 is 0 Å². The predicted molar refractivity (Wildman–Crippen MR) is 612 cm³/mol. The molecule has 27 aromatic rings. The van der Waals surface area contributed by atoms with Crippen LogP contribution in [-0.4, -0.2) is 13.7 Å². The van der Waals surface area contributed by atoms with E-state index in [1.54, 1.807) is 0 Å². The summed E-state index contributed by atoms with van der Waals surface area (Å²) in [6.07, 6.45) is 0. The molecule has 3 heterocycles. The molecule has 6 nitrogen and oxygen atoms in total. The summed E-state index contributed by atoms with van der Waals surface area (Å²) in [6.45, 7) is 0. The van der Waals surface area contributed by atoms with Gasteiger partial charge in [-0.2, -0.15) is 0 Å². The zero-order valence-electron chi connectivity index (χ0n) is 79.1. The van der Waals surface area contributed by atoms with E-state index in [4.69, 9.17) is 0 Å². The Kier molecular flexibility index (Phi) is 23.0. The maximum Gasteiger partial charge on any atom is 0.0548 e. The molecular formula is C138H96N6. The fourth-order valence-corrected chi connectivity index (χ4v) is 21.1. The second-order valence-corrected chi connectivity index (χ2v) is 36.7. The van der Waals surface area contributed by atoms with Crippen molar-refractivity contribution in [1.82, 2.24) is 13.7 Å². The molecule has 27 rings (SSSR count). The molecule has 24 aromatic carbocycles. The highest BCUT2D eigenvalue weighted by molar-refractivity contribution is 6.18. The number of benzene rings is 24. The predicted octanol–water partition coefficient (Wildman–Crippen LogP) is 38.2. The van der Waals surface area contributed by atoms with Crippen LogP contribution in [-0.2, 0) is 0 Å². The van der Waals surface area contributed by atoms with Gasteiger partial charge in [-0.15, -0.1) is 0 Å². The summed E-state index contributed by atoms with van der Waals surface area (Å²) < 4.78 is 7.17. The number of anilines is 9. The van der Waals surface area contributed by atoms with Crippen molar-refractivity contribution in [1.29, 1.82) is 0 Å². The summed E-state index contributed by atoms with van der Waals surface area (Å²) in [6, 6.07) is 210. The maximum atomic E-state index is 2.40. The summed E-state index contributed by atoms with van der Waals surface area (Å²) in [7, 11) is 0. The minimum atomic E-state index is 1.11. The van der Waals surface area contributed by atoms with Gasteiger partial charge in [0.05, 0.1) is 38.8 Å². The average molecular weight is 1840 g/mol. The molecule has 0 unspecified atom stereocenters. The van der Waals surface area contributed by atoms with E-state index in [0.29, 0.717) is 0 Å². The number of hydrogen-bond acceptors (Lipinski definition) is 3. The number of hydrogen-bond donors (Lipinski definition) is 0. The normalized spacial score (nSPS) is 11.3. The van der Waals surface area contributed by atoms with E-state index in [2.05, 4.69) is 611 Å². The van der Waals surface area contributed by atoms with Crippen molar-refractivity contribution in [3.8, 4) is 83.8 Å². The van der Waals surface area contributed by atoms with Crippen molar-refractivity contribution in [3.05, 3.63) is 582 Å². The van der Waals surface area contributed by atoms with Crippen LogP contribution in [0, 0.1) is 0 Å². The molecule has 6 heteroatoms. The molecule has 0 aliphatic rings. The van der Waals surface area contributed by atoms with Crippen LogP contribution in [0.5, 0.6) is 0 Å². The first-order valence-electron chi connectivity index (χ1n) is 49.3. The lowest BCUT2D eigenvalue weighted by Gasteiger charge is -2.27. The van der Waals surface area contributed by atoms with E-state index in [1.165, 1.54) is 170 Å². The monoisotopic (exact) mass is 1840 g/mol. The molecule has 0 spiro atoms. The van der Waals surface area contributed by atoms with Gasteiger partial charge in [0.15, 0.2) is 0 Å². The van der Waals surface area contributed by atoms with Crippen molar-refractivity contribution in [2.45, 2.75) is 0 Å². The van der Waals surface area contributed by atoms with Crippen LogP contribution in [0.2, 0.25) is 0 Å². The Morgan fingerprint density at radius 2 is 0.333 bits per heavy atom. The van der Waals surface area contributed by atoms with Gasteiger partial charge in [-0.25, -0.2) is 0 Å². The minimum absolute atomic E-state index is 1.11. The molecule has 0 radical (unpaired) electrons. The average Bonchev–Trinajstić information content (AvgIpc) is 1.57. The van der Waals surface area contributed by atoms with Crippen molar-refractivity contribution < 1.29 is 0 Å². The quantitative estimate of drug-likeness (QED) is 0.0856. The standard InChI is InChI=1S/3C46H32N2/c1-4-13-33(14-5-1)35-23-27-39(28-24-35)47(40-29-25-36(26-30-40)34-15-6-2-7-16-34)45-22-12-17-37-31-43-41-20-10-11-21-44(41)48(46(43)32-42(37)45)38-18-8-3-9-19-38;1-4-12-33(13-5-1)35-20-25-40(26-21-35)47(41-27-22-36(23-28-41)34-14-6-2-7-15-34)42-29-24-37-32-46-44(31-38(37)30-42)43-18-10-11-19-45(43)48(46)39-16-8-3-9-17-39;1-4-12-33(13-5-1)35-20-25-40(26-21-35)47(41-27-22-36(23-28-41)34-14-6-2-7-15-34)42-29-24-37-31-44-43-18-10-11-19-45(43)48(39-16-8-3-9-17-39)46(44)32-38(37)30-42/h3*1-32H. The SMILES string of the molecule is c1ccc(-c2ccc(N(c3ccc(-c4ccccc4)cc3)c3ccc4cc5c(cc4c3)c3ccccc3n5-c3ccccc3)cc2)cc1.c1ccc(-c2ccc(N(c3ccc(-c4ccccc4)cc3)c3ccc4cc5c6ccccc6n(-c6ccccc6)c5cc4c3)cc2)cc1.c1ccc(-c2ccc(N(c3ccc(-c4ccccc4)cc3)c3cccc4cc5c6ccccc6n(-c6ccccc6)c5cc34)cc2)cc1. The molecule has 0 fully saturated rings. The number of aromatic nitrogens is 3. The highest BCUT2D eigenvalue weighted by Gasteiger charge is 2.24. The van der Waals surface area contributed by atoms with Crippen LogP contribution < -0.4 is 14.7 Å². The third-order valence-corrected chi connectivity index (χ3v) is 28.1. The Bertz CT molecular complexity index is 8990. The molecule has 0 bridgehead atoms. The number of para-hydroxylation sites is 6. The van der Waals surface area contributed by atoms with Gasteiger partial charge in [0.2, 0.25) is 0 Å². The van der Waals surface area contributed by atoms with Crippen LogP contribution in [0.25, 0.3) is 182 Å². The lowest BCUT2D eigenvalue weighted by Crippen LogP contribution is -2.10. The molecule has 3 aromatic heterocycles. The van der Waals surface area contributed by atoms with Gasteiger partial charge in [-0.05, 0) is 288 Å². The molecule has 0 atom stereocenters. The van der Waals surface area contributed by atoms with E-state index < -0.39 is 0 Å². The second kappa shape index (κ2) is 38.3. The molecule has 0 N–H and O–H groups in total. The summed E-state index contributed by atoms with van der Waals surface area (Å²) in [5.74, 6) is 0. The molecule has 144 heavy (non-hydrogen) atoms. The first-order chi connectivity index (χ1) is 71.4. The van der Waals surface area contributed by atoms with Crippen molar-refractivity contribution >= 4 is 149 Å². The largest absolute Gasteiger partial charge is 0.310 e. The molecular weight excluding hydrogens is 1740 g/mol. The Balaban J connectivity index is 0.000000113. The number of rotatable bonds is 18. The molecule has 0 aliphatic carbocycles. The van der Waals surface area contributed by atoms with Crippen LogP contribution >= 0.6 is 0 Å². The topological polar surface area (TPSA) is 24.5 Å². The van der Waals surface area contributed by atoms with E-state index in [1.807, 2.05) is 0 Å². The van der Waals surface area contributed by atoms with Crippen LogP contribution in [0.3, 0.4) is 0 Å². The van der Waals surface area contributed by atoms with E-state index in [9.17, 15) is 0 Å². The van der Waals surface area contributed by atoms with E-state index in [-0.39, 0.29) is 0 Å². The van der Waals surface area contributed by atoms with Gasteiger partial charge in [0.1, 0.15) is 0 Å². The van der Waals surface area contributed by atoms with Crippen molar-refractivity contribution in [2.24, 2.45) is 0 Å². The number of nitrogens with zero attached hydrogens (tertiary/aromatic N) is 6. The zero-order valence-corrected chi connectivity index (χ0v) is 79.1. The Morgan fingerprint density at radius 1 is 0.111 bits per heavy atom. The van der Waals surface area contributed by atoms with Crippen molar-refractivity contribution in [3.63, 3.8) is 0 Å². The van der Waals surface area contributed by atoms with Crippen LogP contribution in [0.1, 0.15) is 0 Å². The van der Waals surface area contributed by atoms with Gasteiger partial charge < -0.3 is 28.4 Å². The first kappa shape index (κ1) is 86.4. The van der Waals surface area contributed by atoms with Gasteiger partial charge >= 0.3 is 0 Å². The lowest BCUT2D eigenvalue weighted by molar-refractivity contribution is 1.18. The summed E-state index contributed by atoms with van der Waals surface area (Å²) in [5.41, 5.74) is 35.3. The minimum Gasteiger partial charge on any atom is -0.310 e. The molecule has 678 valence electrons. The lowest BCUT2D eigenvalue weighted by atomic mass is 10.0. The summed E-state index contributed by atoms with van der Waals surface area (Å²) in [4.78, 5) is 7.12. The maximum absolute atomic E-state index is 2.40. The second-order valence-electron chi connectivity index (χ2n) is 36.7. The number of fused-ring (bicyclic) bond motifs is 12. The molecule has 0 amide bonds. The zero-order chi connectivity index (χ0) is 95.6. The highest BCUT2D eigenvalue weighted by atomic mass is 15.2. The van der Waals surface area contributed by atoms with Gasteiger partial charge in [-0.1, -0.05) is 388 Å². The summed E-state index contributed by atoms with van der Waals surface area (Å²) in [5, 5.41) is 14.8.